The summed E-state index contributed by atoms with van der Waals surface area (Å²) in [6, 6.07) is 13.2. The molecule has 3 rings (SSSR count). The fraction of sp³-hybridized carbons (Fsp3) is 0.250. The zero-order chi connectivity index (χ0) is 16.4. The van der Waals surface area contributed by atoms with Gasteiger partial charge in [-0.2, -0.15) is 0 Å². The molecule has 0 saturated heterocycles. The van der Waals surface area contributed by atoms with Crippen LogP contribution in [0.5, 0.6) is 0 Å². The third-order valence-electron chi connectivity index (χ3n) is 3.76. The van der Waals surface area contributed by atoms with Gasteiger partial charge in [0.1, 0.15) is 5.82 Å². The lowest BCUT2D eigenvalue weighted by molar-refractivity contribution is 0.483. The van der Waals surface area contributed by atoms with Crippen molar-refractivity contribution in [2.45, 2.75) is 6.42 Å². The summed E-state index contributed by atoms with van der Waals surface area (Å²) in [6.45, 7) is 1.29. The van der Waals surface area contributed by atoms with Gasteiger partial charge in [0.15, 0.2) is 0 Å². The average molecular weight is 337 g/mol. The molecule has 3 N–H and O–H groups in total. The summed E-state index contributed by atoms with van der Waals surface area (Å²) in [5.41, 5.74) is 2.03. The molecule has 2 aromatic carbocycles. The number of benzene rings is 2. The van der Waals surface area contributed by atoms with E-state index in [-0.39, 0.29) is 5.82 Å². The Hall–Kier alpha value is -1.80. The standard InChI is InChI=1S/C16H20FN3O2S/c1-18-11-4-12-19-15-5-2-3-6-16(15)20(23(19,21)22)14-9-7-13(17)8-10-14/h2-3,5-10,18,21-22H,4,11-12H2,1H3. The molecule has 1 aliphatic rings. The summed E-state index contributed by atoms with van der Waals surface area (Å²) in [5.74, 6) is -0.358. The quantitative estimate of drug-likeness (QED) is 0.721. The van der Waals surface area contributed by atoms with Gasteiger partial charge in [-0.05, 0) is 67.4 Å². The maximum absolute atomic E-state index is 13.2. The van der Waals surface area contributed by atoms with Gasteiger partial charge in [0.05, 0.1) is 17.1 Å². The predicted octanol–water partition coefficient (Wildman–Crippen LogP) is 3.97. The zero-order valence-electron chi connectivity index (χ0n) is 12.8. The molecule has 0 bridgehead atoms. The van der Waals surface area contributed by atoms with Crippen LogP contribution in [0.15, 0.2) is 48.5 Å². The number of para-hydroxylation sites is 2. The summed E-state index contributed by atoms with van der Waals surface area (Å²) in [6.07, 6.45) is 0.776. The Balaban J connectivity index is 2.01. The van der Waals surface area contributed by atoms with Gasteiger partial charge < -0.3 is 5.32 Å². The molecule has 124 valence electrons. The monoisotopic (exact) mass is 337 g/mol. The van der Waals surface area contributed by atoms with Gasteiger partial charge in [0.25, 0.3) is 0 Å². The highest BCUT2D eigenvalue weighted by Crippen LogP contribution is 2.63. The normalized spacial score (nSPS) is 17.2. The number of hydrogen-bond acceptors (Lipinski definition) is 5. The first-order valence-corrected chi connectivity index (χ1v) is 8.87. The number of nitrogens with one attached hydrogen (secondary N) is 1. The zero-order valence-corrected chi connectivity index (χ0v) is 13.6. The number of fused-ring (bicyclic) bond motifs is 1. The maximum atomic E-state index is 13.2. The molecule has 23 heavy (non-hydrogen) atoms. The van der Waals surface area contributed by atoms with Crippen molar-refractivity contribution in [1.29, 1.82) is 0 Å². The molecule has 1 aliphatic heterocycles. The summed E-state index contributed by atoms with van der Waals surface area (Å²) in [5, 5.41) is 3.06. The van der Waals surface area contributed by atoms with E-state index in [1.807, 2.05) is 31.3 Å². The van der Waals surface area contributed by atoms with Crippen molar-refractivity contribution in [1.82, 2.24) is 5.32 Å². The van der Waals surface area contributed by atoms with Gasteiger partial charge in [-0.15, -0.1) is 0 Å². The van der Waals surface area contributed by atoms with E-state index in [4.69, 9.17) is 0 Å². The Labute approximate surface area is 137 Å². The van der Waals surface area contributed by atoms with Crippen LogP contribution in [-0.4, -0.2) is 29.2 Å². The smallest absolute Gasteiger partial charge is 0.123 e. The average Bonchev–Trinajstić information content (AvgIpc) is 2.76. The minimum absolute atomic E-state index is 0.358. The van der Waals surface area contributed by atoms with E-state index >= 15 is 0 Å². The molecule has 5 nitrogen and oxygen atoms in total. The molecule has 0 radical (unpaired) electrons. The fourth-order valence-electron chi connectivity index (χ4n) is 2.71. The van der Waals surface area contributed by atoms with Crippen molar-refractivity contribution < 1.29 is 13.5 Å². The molecule has 0 amide bonds. The molecule has 1 heterocycles. The number of hydrogen-bond donors (Lipinski definition) is 3. The van der Waals surface area contributed by atoms with Gasteiger partial charge >= 0.3 is 0 Å². The Bertz CT molecular complexity index is 681. The van der Waals surface area contributed by atoms with E-state index in [0.29, 0.717) is 17.9 Å². The third-order valence-corrected chi connectivity index (χ3v) is 5.63. The van der Waals surface area contributed by atoms with Gasteiger partial charge in [-0.25, -0.2) is 8.70 Å². The molecule has 7 heteroatoms. The topological polar surface area (TPSA) is 59.0 Å². The summed E-state index contributed by atoms with van der Waals surface area (Å²) in [7, 11) is -1.36. The lowest BCUT2D eigenvalue weighted by Gasteiger charge is -2.43. The van der Waals surface area contributed by atoms with E-state index < -0.39 is 11.0 Å². The van der Waals surface area contributed by atoms with Crippen molar-refractivity contribution in [3.63, 3.8) is 0 Å². The van der Waals surface area contributed by atoms with Crippen LogP contribution in [0.3, 0.4) is 0 Å². The first kappa shape index (κ1) is 16.1. The van der Waals surface area contributed by atoms with Gasteiger partial charge in [0.2, 0.25) is 0 Å². The maximum Gasteiger partial charge on any atom is 0.123 e. The van der Waals surface area contributed by atoms with Gasteiger partial charge in [-0.1, -0.05) is 12.1 Å². The number of halogens is 1. The van der Waals surface area contributed by atoms with E-state index in [1.165, 1.54) is 16.4 Å². The van der Waals surface area contributed by atoms with Crippen molar-refractivity contribution in [3.05, 3.63) is 54.3 Å². The van der Waals surface area contributed by atoms with Gasteiger partial charge in [-0.3, -0.25) is 13.4 Å². The van der Waals surface area contributed by atoms with Crippen molar-refractivity contribution in [2.24, 2.45) is 0 Å². The Morgan fingerprint density at radius 3 is 2.35 bits per heavy atom. The Kier molecular flexibility index (Phi) is 4.45. The first-order chi connectivity index (χ1) is 11.1. The highest BCUT2D eigenvalue weighted by atomic mass is 32.3. The van der Waals surface area contributed by atoms with Gasteiger partial charge in [0, 0.05) is 6.54 Å². The minimum Gasteiger partial charge on any atom is -0.320 e. The SMILES string of the molecule is CNCCCN1c2ccccc2N(c2ccc(F)cc2)S1(O)O. The fourth-order valence-corrected chi connectivity index (χ4v) is 4.52. The highest BCUT2D eigenvalue weighted by molar-refractivity contribution is 8.27. The second kappa shape index (κ2) is 6.37. The van der Waals surface area contributed by atoms with Crippen LogP contribution < -0.4 is 13.9 Å². The van der Waals surface area contributed by atoms with E-state index in [2.05, 4.69) is 5.32 Å². The molecule has 0 spiro atoms. The molecule has 0 saturated carbocycles. The molecule has 0 aromatic heterocycles. The summed E-state index contributed by atoms with van der Waals surface area (Å²) < 4.78 is 38.0. The Morgan fingerprint density at radius 2 is 1.70 bits per heavy atom. The second-order valence-corrected chi connectivity index (χ2v) is 7.09. The van der Waals surface area contributed by atoms with Crippen LogP contribution in [0, 0.1) is 5.82 Å². The molecule has 0 unspecified atom stereocenters. The van der Waals surface area contributed by atoms with Crippen LogP contribution in [0.25, 0.3) is 0 Å². The van der Waals surface area contributed by atoms with E-state index in [0.717, 1.165) is 18.7 Å². The molecule has 0 aliphatic carbocycles. The van der Waals surface area contributed by atoms with Crippen molar-refractivity contribution in [3.8, 4) is 0 Å². The largest absolute Gasteiger partial charge is 0.320 e. The van der Waals surface area contributed by atoms with E-state index in [9.17, 15) is 13.5 Å². The van der Waals surface area contributed by atoms with Crippen molar-refractivity contribution >= 4 is 28.0 Å². The van der Waals surface area contributed by atoms with Crippen molar-refractivity contribution in [2.75, 3.05) is 28.7 Å². The lowest BCUT2D eigenvalue weighted by atomic mass is 10.2. The predicted molar refractivity (Wildman–Crippen MR) is 93.7 cm³/mol. The minimum atomic E-state index is -3.22. The van der Waals surface area contributed by atoms with Crippen LogP contribution >= 0.6 is 11.0 Å². The molecule has 2 aromatic rings. The van der Waals surface area contributed by atoms with Crippen LogP contribution in [0.2, 0.25) is 0 Å². The highest BCUT2D eigenvalue weighted by Gasteiger charge is 2.41. The Morgan fingerprint density at radius 1 is 1.04 bits per heavy atom. The van der Waals surface area contributed by atoms with Crippen LogP contribution in [0.4, 0.5) is 21.5 Å². The lowest BCUT2D eigenvalue weighted by Crippen LogP contribution is -2.32. The summed E-state index contributed by atoms with van der Waals surface area (Å²) in [4.78, 5) is 0. The van der Waals surface area contributed by atoms with E-state index in [1.54, 1.807) is 16.4 Å². The molecular formula is C16H20FN3O2S. The number of rotatable bonds is 5. The number of nitrogens with zero attached hydrogens (tertiary/aromatic N) is 2. The summed E-state index contributed by atoms with van der Waals surface area (Å²) >= 11 is 0. The van der Waals surface area contributed by atoms with Crippen LogP contribution in [0.1, 0.15) is 6.42 Å². The first-order valence-electron chi connectivity index (χ1n) is 7.41. The molecular weight excluding hydrogens is 317 g/mol. The second-order valence-electron chi connectivity index (χ2n) is 5.31. The molecule has 0 fully saturated rings. The van der Waals surface area contributed by atoms with Crippen LogP contribution in [-0.2, 0) is 0 Å². The molecule has 0 atom stereocenters. The number of anilines is 3. The third kappa shape index (κ3) is 2.88.